The third-order valence-corrected chi connectivity index (χ3v) is 4.19. The quantitative estimate of drug-likeness (QED) is 0.921. The Morgan fingerprint density at radius 3 is 2.44 bits per heavy atom. The molecule has 1 atom stereocenters. The van der Waals surface area contributed by atoms with E-state index in [-0.39, 0.29) is 13.0 Å². The van der Waals surface area contributed by atoms with Crippen molar-refractivity contribution in [2.45, 2.75) is 25.9 Å². The van der Waals surface area contributed by atoms with Crippen LogP contribution in [-0.4, -0.2) is 11.5 Å². The minimum absolute atomic E-state index is 0.0330. The molecular weight excluding hydrogens is 247 g/mol. The first kappa shape index (κ1) is 13.2. The summed E-state index contributed by atoms with van der Waals surface area (Å²) >= 11 is 1.54. The maximum Gasteiger partial charge on any atom is 0.154 e. The van der Waals surface area contributed by atoms with Crippen LogP contribution in [0.25, 0.3) is 0 Å². The fourth-order valence-corrected chi connectivity index (χ4v) is 2.91. The molecule has 96 valence electrons. The number of hydrogen-bond donors (Lipinski definition) is 1. The molecular formula is C14H17FN2S. The van der Waals surface area contributed by atoms with Crippen LogP contribution in [0.2, 0.25) is 0 Å². The van der Waals surface area contributed by atoms with Gasteiger partial charge in [0, 0.05) is 17.8 Å². The highest BCUT2D eigenvalue weighted by Gasteiger charge is 2.32. The Bertz CT molecular complexity index is 504. The molecule has 4 heteroatoms. The third kappa shape index (κ3) is 2.60. The van der Waals surface area contributed by atoms with E-state index in [0.717, 1.165) is 15.6 Å². The highest BCUT2D eigenvalue weighted by Crippen LogP contribution is 2.31. The van der Waals surface area contributed by atoms with Crippen LogP contribution >= 0.6 is 11.3 Å². The maximum atomic E-state index is 14.9. The summed E-state index contributed by atoms with van der Waals surface area (Å²) in [6, 6.07) is 9.09. The van der Waals surface area contributed by atoms with Crippen molar-refractivity contribution in [2.75, 3.05) is 6.54 Å². The Labute approximate surface area is 111 Å². The van der Waals surface area contributed by atoms with Gasteiger partial charge in [-0.1, -0.05) is 30.3 Å². The predicted molar refractivity (Wildman–Crippen MR) is 73.6 cm³/mol. The maximum absolute atomic E-state index is 14.9. The van der Waals surface area contributed by atoms with Crippen molar-refractivity contribution in [3.63, 3.8) is 0 Å². The normalized spacial score (nSPS) is 14.4. The van der Waals surface area contributed by atoms with Crippen molar-refractivity contribution in [3.05, 3.63) is 51.5 Å². The highest BCUT2D eigenvalue weighted by atomic mass is 32.1. The molecule has 0 saturated heterocycles. The van der Waals surface area contributed by atoms with Gasteiger partial charge in [0.15, 0.2) is 5.67 Å². The van der Waals surface area contributed by atoms with Gasteiger partial charge in [-0.25, -0.2) is 9.37 Å². The van der Waals surface area contributed by atoms with Crippen LogP contribution in [-0.2, 0) is 12.1 Å². The number of hydrogen-bond acceptors (Lipinski definition) is 3. The highest BCUT2D eigenvalue weighted by molar-refractivity contribution is 7.11. The lowest BCUT2D eigenvalue weighted by atomic mass is 9.93. The van der Waals surface area contributed by atoms with Crippen LogP contribution in [0, 0.1) is 13.8 Å². The molecule has 1 heterocycles. The van der Waals surface area contributed by atoms with Crippen LogP contribution in [0.4, 0.5) is 4.39 Å². The van der Waals surface area contributed by atoms with E-state index >= 15 is 0 Å². The molecule has 18 heavy (non-hydrogen) atoms. The van der Waals surface area contributed by atoms with Gasteiger partial charge in [0.1, 0.15) is 0 Å². The Kier molecular flexibility index (Phi) is 3.78. The van der Waals surface area contributed by atoms with Crippen molar-refractivity contribution >= 4 is 11.3 Å². The third-order valence-electron chi connectivity index (χ3n) is 3.12. The molecule has 0 aliphatic carbocycles. The largest absolute Gasteiger partial charge is 0.327 e. The average molecular weight is 264 g/mol. The lowest BCUT2D eigenvalue weighted by Gasteiger charge is -2.23. The van der Waals surface area contributed by atoms with Gasteiger partial charge >= 0.3 is 0 Å². The molecule has 2 nitrogen and oxygen atoms in total. The zero-order valence-corrected chi connectivity index (χ0v) is 11.4. The first-order chi connectivity index (χ1) is 8.55. The first-order valence-corrected chi connectivity index (χ1v) is 6.74. The van der Waals surface area contributed by atoms with Crippen molar-refractivity contribution in [2.24, 2.45) is 5.73 Å². The lowest BCUT2D eigenvalue weighted by Crippen LogP contribution is -2.32. The van der Waals surface area contributed by atoms with Crippen LogP contribution in [0.5, 0.6) is 0 Å². The van der Waals surface area contributed by atoms with E-state index in [1.165, 1.54) is 0 Å². The molecule has 0 amide bonds. The summed E-state index contributed by atoms with van der Waals surface area (Å²) in [6.45, 7) is 3.91. The molecule has 0 saturated carbocycles. The smallest absolute Gasteiger partial charge is 0.154 e. The average Bonchev–Trinajstić information content (AvgIpc) is 2.69. The Balaban J connectivity index is 2.28. The van der Waals surface area contributed by atoms with Crippen molar-refractivity contribution in [1.82, 2.24) is 4.98 Å². The van der Waals surface area contributed by atoms with Crippen molar-refractivity contribution in [3.8, 4) is 0 Å². The number of thiazole rings is 1. The number of alkyl halides is 1. The van der Waals surface area contributed by atoms with Gasteiger partial charge < -0.3 is 5.73 Å². The SMILES string of the molecule is Cc1nc(CC(F)(CN)c2ccccc2)sc1C. The molecule has 0 spiro atoms. The van der Waals surface area contributed by atoms with E-state index in [1.807, 2.05) is 32.0 Å². The molecule has 2 rings (SSSR count). The summed E-state index contributed by atoms with van der Waals surface area (Å²) in [4.78, 5) is 5.53. The summed E-state index contributed by atoms with van der Waals surface area (Å²) in [6.07, 6.45) is 0.243. The van der Waals surface area contributed by atoms with Gasteiger partial charge in [-0.3, -0.25) is 0 Å². The van der Waals surface area contributed by atoms with E-state index in [1.54, 1.807) is 23.5 Å². The number of aromatic nitrogens is 1. The Morgan fingerprint density at radius 1 is 1.28 bits per heavy atom. The minimum Gasteiger partial charge on any atom is -0.327 e. The van der Waals surface area contributed by atoms with Gasteiger partial charge in [-0.2, -0.15) is 0 Å². The summed E-state index contributed by atoms with van der Waals surface area (Å²) < 4.78 is 14.9. The van der Waals surface area contributed by atoms with Crippen molar-refractivity contribution in [1.29, 1.82) is 0 Å². The second-order valence-electron chi connectivity index (χ2n) is 4.46. The van der Waals surface area contributed by atoms with E-state index in [9.17, 15) is 4.39 Å². The molecule has 0 radical (unpaired) electrons. The molecule has 2 aromatic rings. The molecule has 0 aliphatic heterocycles. The molecule has 1 unspecified atom stereocenters. The summed E-state index contributed by atoms with van der Waals surface area (Å²) in [5.74, 6) is 0. The van der Waals surface area contributed by atoms with Crippen molar-refractivity contribution < 1.29 is 4.39 Å². The van der Waals surface area contributed by atoms with E-state index < -0.39 is 5.67 Å². The summed E-state index contributed by atoms with van der Waals surface area (Å²) in [5, 5.41) is 0.807. The minimum atomic E-state index is -1.53. The van der Waals surface area contributed by atoms with E-state index in [0.29, 0.717) is 5.56 Å². The second kappa shape index (κ2) is 5.16. The standard InChI is InChI=1S/C14H17FN2S/c1-10-11(2)18-13(17-10)8-14(15,9-16)12-6-4-3-5-7-12/h3-7H,8-9,16H2,1-2H3. The zero-order chi connectivity index (χ0) is 13.2. The van der Waals surface area contributed by atoms with Crippen LogP contribution in [0.1, 0.15) is 21.1 Å². The monoisotopic (exact) mass is 264 g/mol. The van der Waals surface area contributed by atoms with Gasteiger partial charge in [0.2, 0.25) is 0 Å². The molecule has 1 aromatic heterocycles. The molecule has 2 N–H and O–H groups in total. The van der Waals surface area contributed by atoms with E-state index in [2.05, 4.69) is 4.98 Å². The summed E-state index contributed by atoms with van der Waals surface area (Å²) in [5.41, 5.74) is 5.70. The Hall–Kier alpha value is -1.26. The summed E-state index contributed by atoms with van der Waals surface area (Å²) in [7, 11) is 0. The fraction of sp³-hybridized carbons (Fsp3) is 0.357. The number of benzene rings is 1. The number of rotatable bonds is 4. The number of nitrogens with two attached hydrogens (primary N) is 1. The fourth-order valence-electron chi connectivity index (χ4n) is 1.88. The van der Waals surface area contributed by atoms with Gasteiger partial charge in [0.25, 0.3) is 0 Å². The van der Waals surface area contributed by atoms with Crippen LogP contribution < -0.4 is 5.73 Å². The zero-order valence-electron chi connectivity index (χ0n) is 10.6. The van der Waals surface area contributed by atoms with Gasteiger partial charge in [-0.05, 0) is 19.4 Å². The molecule has 0 aliphatic rings. The molecule has 1 aromatic carbocycles. The van der Waals surface area contributed by atoms with Crippen LogP contribution in [0.15, 0.2) is 30.3 Å². The number of aryl methyl sites for hydroxylation is 2. The topological polar surface area (TPSA) is 38.9 Å². The Morgan fingerprint density at radius 2 is 1.94 bits per heavy atom. The van der Waals surface area contributed by atoms with Gasteiger partial charge in [0.05, 0.1) is 10.7 Å². The molecule has 0 fully saturated rings. The predicted octanol–water partition coefficient (Wildman–Crippen LogP) is 3.13. The molecule has 0 bridgehead atoms. The first-order valence-electron chi connectivity index (χ1n) is 5.92. The van der Waals surface area contributed by atoms with Crippen LogP contribution in [0.3, 0.4) is 0 Å². The lowest BCUT2D eigenvalue weighted by molar-refractivity contribution is 0.175. The second-order valence-corrected chi connectivity index (χ2v) is 5.75. The van der Waals surface area contributed by atoms with Gasteiger partial charge in [-0.15, -0.1) is 11.3 Å². The number of halogens is 1. The van der Waals surface area contributed by atoms with E-state index in [4.69, 9.17) is 5.73 Å². The number of nitrogens with zero attached hydrogens (tertiary/aromatic N) is 1.